The smallest absolute Gasteiger partial charge is 0.410 e. The highest BCUT2D eigenvalue weighted by atomic mass is 16.6. The molecule has 2 aromatic heterocycles. The normalized spacial score (nSPS) is 10.5. The van der Waals surface area contributed by atoms with Crippen molar-refractivity contribution in [2.24, 2.45) is 0 Å². The Kier molecular flexibility index (Phi) is 11.9. The van der Waals surface area contributed by atoms with Gasteiger partial charge in [0.15, 0.2) is 0 Å². The maximum atomic E-state index is 12.1. The summed E-state index contributed by atoms with van der Waals surface area (Å²) in [5.41, 5.74) is 1.35. The lowest BCUT2D eigenvalue weighted by Crippen LogP contribution is -2.41. The molecule has 0 aliphatic carbocycles. The number of ether oxygens (including phenoxy) is 1. The summed E-state index contributed by atoms with van der Waals surface area (Å²) in [7, 11) is 3.27. The van der Waals surface area contributed by atoms with Gasteiger partial charge < -0.3 is 36.3 Å². The van der Waals surface area contributed by atoms with Crippen molar-refractivity contribution >= 4 is 41.5 Å². The van der Waals surface area contributed by atoms with Crippen molar-refractivity contribution in [1.29, 1.82) is 5.41 Å². The van der Waals surface area contributed by atoms with E-state index in [4.69, 9.17) is 10.1 Å². The van der Waals surface area contributed by atoms with Crippen molar-refractivity contribution in [3.05, 3.63) is 29.6 Å². The Morgan fingerprint density at radius 3 is 2.62 bits per heavy atom. The van der Waals surface area contributed by atoms with Crippen LogP contribution in [0.4, 0.5) is 28.1 Å². The van der Waals surface area contributed by atoms with Crippen LogP contribution in [0.1, 0.15) is 58.1 Å². The van der Waals surface area contributed by atoms with E-state index in [1.165, 1.54) is 18.2 Å². The van der Waals surface area contributed by atoms with E-state index in [9.17, 15) is 9.59 Å². The number of anilines is 4. The van der Waals surface area contributed by atoms with Crippen LogP contribution in [0.2, 0.25) is 0 Å². The number of nitrogens with one attached hydrogen (secondary N) is 5. The van der Waals surface area contributed by atoms with Gasteiger partial charge in [-0.1, -0.05) is 18.8 Å². The Bertz CT molecular complexity index is 1200. The minimum Gasteiger partial charge on any atom is -0.444 e. The van der Waals surface area contributed by atoms with E-state index in [0.717, 1.165) is 13.0 Å². The number of likely N-dealkylation sites (N-methyl/N-ethyl adjacent to an activating group) is 1. The van der Waals surface area contributed by atoms with Gasteiger partial charge in [0.25, 0.3) is 0 Å². The summed E-state index contributed by atoms with van der Waals surface area (Å²) >= 11 is 0. The van der Waals surface area contributed by atoms with Gasteiger partial charge in [-0.25, -0.2) is 14.8 Å². The van der Waals surface area contributed by atoms with Crippen molar-refractivity contribution in [3.8, 4) is 11.8 Å². The average molecular weight is 538 g/mol. The van der Waals surface area contributed by atoms with Crippen LogP contribution >= 0.6 is 0 Å². The summed E-state index contributed by atoms with van der Waals surface area (Å²) in [6.07, 6.45) is 6.11. The first kappa shape index (κ1) is 30.8. The molecule has 5 N–H and O–H groups in total. The molecular formula is C27H39N9O3. The standard InChI is InChI=1S/C27H39N9O3/c1-7-12-31-24-19(16-33-25(35-24)34-21-14-20(15-28)23(29-5)32-17-21)11-9-8-10-13-30-22(37)18-36(6)26(38)39-27(2,3)4/h14-17,28H,7-8,10,12-13,18H2,1-6H3,(H,29,32)(H,30,37)(H2,31,33,34,35). The second-order valence-electron chi connectivity index (χ2n) is 9.66. The molecule has 0 saturated carbocycles. The van der Waals surface area contributed by atoms with Gasteiger partial charge in [-0.05, 0) is 39.7 Å². The van der Waals surface area contributed by atoms with Crippen LogP contribution in [-0.4, -0.2) is 77.4 Å². The summed E-state index contributed by atoms with van der Waals surface area (Å²) in [5, 5.41) is 19.7. The van der Waals surface area contributed by atoms with Gasteiger partial charge >= 0.3 is 6.09 Å². The van der Waals surface area contributed by atoms with Crippen LogP contribution in [-0.2, 0) is 9.53 Å². The number of carbonyl (C=O) groups excluding carboxylic acids is 2. The van der Waals surface area contributed by atoms with E-state index in [2.05, 4.69) is 55.0 Å². The molecule has 2 amide bonds. The third-order valence-corrected chi connectivity index (χ3v) is 5.01. The molecule has 0 unspecified atom stereocenters. The number of carbonyl (C=O) groups is 2. The molecule has 0 atom stereocenters. The van der Waals surface area contributed by atoms with Crippen molar-refractivity contribution in [2.75, 3.05) is 49.7 Å². The third-order valence-electron chi connectivity index (χ3n) is 5.01. The molecule has 2 aromatic rings. The lowest BCUT2D eigenvalue weighted by Gasteiger charge is -2.24. The van der Waals surface area contributed by atoms with Gasteiger partial charge in [0.05, 0.1) is 23.6 Å². The maximum Gasteiger partial charge on any atom is 0.410 e. The highest BCUT2D eigenvalue weighted by Gasteiger charge is 2.20. The average Bonchev–Trinajstić information content (AvgIpc) is 2.89. The molecule has 2 rings (SSSR count). The molecule has 2 heterocycles. The fourth-order valence-corrected chi connectivity index (χ4v) is 3.15. The highest BCUT2D eigenvalue weighted by molar-refractivity contribution is 5.86. The number of amides is 2. The maximum absolute atomic E-state index is 12.1. The van der Waals surface area contributed by atoms with E-state index in [-0.39, 0.29) is 12.5 Å². The Morgan fingerprint density at radius 2 is 1.95 bits per heavy atom. The zero-order chi connectivity index (χ0) is 28.8. The number of hydrogen-bond acceptors (Lipinski definition) is 10. The van der Waals surface area contributed by atoms with E-state index in [1.807, 2.05) is 0 Å². The molecule has 210 valence electrons. The van der Waals surface area contributed by atoms with E-state index < -0.39 is 11.7 Å². The molecule has 0 saturated heterocycles. The second-order valence-corrected chi connectivity index (χ2v) is 9.66. The van der Waals surface area contributed by atoms with Crippen molar-refractivity contribution < 1.29 is 14.3 Å². The predicted octanol–water partition coefficient (Wildman–Crippen LogP) is 3.59. The summed E-state index contributed by atoms with van der Waals surface area (Å²) in [6, 6.07) is 1.79. The summed E-state index contributed by atoms with van der Waals surface area (Å²) in [6.45, 7) is 8.47. The number of pyridine rings is 1. The SMILES string of the molecule is CCCNc1nc(Nc2cnc(NC)c(C=N)c2)ncc1C#CCCCNC(=O)CN(C)C(=O)OC(C)(C)C. The molecule has 39 heavy (non-hydrogen) atoms. The van der Waals surface area contributed by atoms with Crippen molar-refractivity contribution in [2.45, 2.75) is 52.6 Å². The molecule has 0 aliphatic rings. The molecule has 0 aromatic carbocycles. The number of unbranched alkanes of at least 4 members (excludes halogenated alkanes) is 1. The second kappa shape index (κ2) is 15.1. The Morgan fingerprint density at radius 1 is 1.18 bits per heavy atom. The fourth-order valence-electron chi connectivity index (χ4n) is 3.15. The molecule has 0 aliphatic heterocycles. The van der Waals surface area contributed by atoms with Gasteiger partial charge in [0, 0.05) is 45.4 Å². The zero-order valence-corrected chi connectivity index (χ0v) is 23.6. The Hall–Kier alpha value is -4.40. The summed E-state index contributed by atoms with van der Waals surface area (Å²) in [4.78, 5) is 38.6. The largest absolute Gasteiger partial charge is 0.444 e. The van der Waals surface area contributed by atoms with Crippen LogP contribution in [0.15, 0.2) is 18.5 Å². The zero-order valence-electron chi connectivity index (χ0n) is 23.6. The Labute approximate surface area is 230 Å². The number of nitrogens with zero attached hydrogens (tertiary/aromatic N) is 4. The number of hydrogen-bond donors (Lipinski definition) is 5. The monoisotopic (exact) mass is 537 g/mol. The minimum absolute atomic E-state index is 0.0802. The van der Waals surface area contributed by atoms with Gasteiger partial charge in [0.2, 0.25) is 11.9 Å². The van der Waals surface area contributed by atoms with Crippen LogP contribution in [0.3, 0.4) is 0 Å². The Balaban J connectivity index is 1.92. The molecule has 0 spiro atoms. The molecular weight excluding hydrogens is 498 g/mol. The van der Waals surface area contributed by atoms with Crippen molar-refractivity contribution in [3.63, 3.8) is 0 Å². The van der Waals surface area contributed by atoms with Gasteiger partial charge in [-0.15, -0.1) is 0 Å². The highest BCUT2D eigenvalue weighted by Crippen LogP contribution is 2.20. The van der Waals surface area contributed by atoms with Gasteiger partial charge in [-0.2, -0.15) is 4.98 Å². The van der Waals surface area contributed by atoms with Crippen LogP contribution in [0.5, 0.6) is 0 Å². The van der Waals surface area contributed by atoms with Crippen LogP contribution in [0, 0.1) is 17.3 Å². The van der Waals surface area contributed by atoms with Gasteiger partial charge in [0.1, 0.15) is 23.8 Å². The molecule has 12 heteroatoms. The summed E-state index contributed by atoms with van der Waals surface area (Å²) in [5.74, 6) is 7.56. The van der Waals surface area contributed by atoms with Crippen LogP contribution < -0.4 is 21.3 Å². The third kappa shape index (κ3) is 10.9. The number of rotatable bonds is 12. The van der Waals surface area contributed by atoms with E-state index in [0.29, 0.717) is 53.8 Å². The van der Waals surface area contributed by atoms with E-state index in [1.54, 1.807) is 46.3 Å². The lowest BCUT2D eigenvalue weighted by molar-refractivity contribution is -0.122. The van der Waals surface area contributed by atoms with Crippen molar-refractivity contribution in [1.82, 2.24) is 25.2 Å². The molecule has 12 nitrogen and oxygen atoms in total. The molecule has 0 radical (unpaired) electrons. The summed E-state index contributed by atoms with van der Waals surface area (Å²) < 4.78 is 5.25. The first-order valence-electron chi connectivity index (χ1n) is 12.8. The molecule has 0 fully saturated rings. The first-order chi connectivity index (χ1) is 18.6. The topological polar surface area (TPSA) is 157 Å². The fraction of sp³-hybridized carbons (Fsp3) is 0.481. The van der Waals surface area contributed by atoms with Gasteiger partial charge in [-0.3, -0.25) is 4.79 Å². The lowest BCUT2D eigenvalue weighted by atomic mass is 10.2. The first-order valence-corrected chi connectivity index (χ1v) is 12.8. The minimum atomic E-state index is -0.615. The molecule has 0 bridgehead atoms. The predicted molar refractivity (Wildman–Crippen MR) is 154 cm³/mol. The number of aromatic nitrogens is 3. The quantitative estimate of drug-likeness (QED) is 0.155. The van der Waals surface area contributed by atoms with E-state index >= 15 is 0 Å². The van der Waals surface area contributed by atoms with Crippen LogP contribution in [0.25, 0.3) is 0 Å².